The summed E-state index contributed by atoms with van der Waals surface area (Å²) in [6, 6.07) is 1.63. The van der Waals surface area contributed by atoms with E-state index >= 15 is 0 Å². The van der Waals surface area contributed by atoms with Crippen molar-refractivity contribution in [3.8, 4) is 0 Å². The van der Waals surface area contributed by atoms with Crippen molar-refractivity contribution in [2.45, 2.75) is 58.5 Å². The van der Waals surface area contributed by atoms with Crippen molar-refractivity contribution in [3.05, 3.63) is 17.5 Å². The molecule has 1 N–H and O–H groups in total. The summed E-state index contributed by atoms with van der Waals surface area (Å²) in [5.74, 6) is -0.937. The molecule has 0 aromatic carbocycles. The number of piperidine rings is 1. The van der Waals surface area contributed by atoms with Gasteiger partial charge in [-0.15, -0.1) is 0 Å². The number of aliphatic carboxylic acids is 1. The predicted molar refractivity (Wildman–Crippen MR) is 78.2 cm³/mol. The summed E-state index contributed by atoms with van der Waals surface area (Å²) in [6.07, 6.45) is 3.48. The highest BCUT2D eigenvalue weighted by atomic mass is 16.4. The minimum atomic E-state index is -0.849. The van der Waals surface area contributed by atoms with Crippen molar-refractivity contribution < 1.29 is 14.7 Å². The molecule has 0 radical (unpaired) electrons. The normalized spacial score (nSPS) is 18.8. The van der Waals surface area contributed by atoms with Gasteiger partial charge in [0.05, 0.1) is 12.1 Å². The Labute approximate surface area is 124 Å². The summed E-state index contributed by atoms with van der Waals surface area (Å²) in [4.78, 5) is 25.5. The second kappa shape index (κ2) is 6.74. The van der Waals surface area contributed by atoms with Gasteiger partial charge in [0, 0.05) is 19.1 Å². The third kappa shape index (κ3) is 3.43. The van der Waals surface area contributed by atoms with Crippen molar-refractivity contribution in [3.63, 3.8) is 0 Å². The van der Waals surface area contributed by atoms with Crippen molar-refractivity contribution in [1.82, 2.24) is 14.7 Å². The Morgan fingerprint density at radius 1 is 1.38 bits per heavy atom. The number of carboxylic acid groups (broad SMARTS) is 1. The van der Waals surface area contributed by atoms with Gasteiger partial charge in [-0.2, -0.15) is 5.10 Å². The van der Waals surface area contributed by atoms with Gasteiger partial charge in [0.2, 0.25) is 0 Å². The molecule has 1 aliphatic rings. The fourth-order valence-electron chi connectivity index (χ4n) is 2.88. The highest BCUT2D eigenvalue weighted by molar-refractivity contribution is 5.93. The van der Waals surface area contributed by atoms with E-state index in [0.717, 1.165) is 31.4 Å². The van der Waals surface area contributed by atoms with Gasteiger partial charge >= 0.3 is 5.97 Å². The highest BCUT2D eigenvalue weighted by Crippen LogP contribution is 2.22. The summed E-state index contributed by atoms with van der Waals surface area (Å²) in [6.45, 7) is 5.23. The van der Waals surface area contributed by atoms with Crippen molar-refractivity contribution >= 4 is 11.9 Å². The zero-order chi connectivity index (χ0) is 15.4. The van der Waals surface area contributed by atoms with E-state index in [1.165, 1.54) is 0 Å². The molecule has 1 aromatic rings. The largest absolute Gasteiger partial charge is 0.481 e. The molecule has 0 bridgehead atoms. The minimum Gasteiger partial charge on any atom is -0.481 e. The van der Waals surface area contributed by atoms with Crippen LogP contribution in [0.15, 0.2) is 6.07 Å². The molecule has 2 heterocycles. The fraction of sp³-hybridized carbons (Fsp3) is 0.667. The molecule has 1 amide bonds. The molecule has 0 aliphatic carbocycles. The third-order valence-corrected chi connectivity index (χ3v) is 4.01. The van der Waals surface area contributed by atoms with Crippen molar-refractivity contribution in [1.29, 1.82) is 0 Å². The Morgan fingerprint density at radius 2 is 2.14 bits per heavy atom. The van der Waals surface area contributed by atoms with Crippen LogP contribution in [0.3, 0.4) is 0 Å². The van der Waals surface area contributed by atoms with Gasteiger partial charge in [0.1, 0.15) is 5.69 Å². The number of hydrogen-bond acceptors (Lipinski definition) is 3. The number of nitrogens with zero attached hydrogens (tertiary/aromatic N) is 3. The van der Waals surface area contributed by atoms with E-state index in [1.807, 2.05) is 19.9 Å². The molecular formula is C15H23N3O3. The van der Waals surface area contributed by atoms with Gasteiger partial charge in [-0.25, -0.2) is 0 Å². The van der Waals surface area contributed by atoms with Gasteiger partial charge in [-0.1, -0.05) is 6.92 Å². The summed E-state index contributed by atoms with van der Waals surface area (Å²) >= 11 is 0. The van der Waals surface area contributed by atoms with Gasteiger partial charge < -0.3 is 10.0 Å². The van der Waals surface area contributed by atoms with Gasteiger partial charge in [0.25, 0.3) is 5.91 Å². The molecule has 1 fully saturated rings. The second-order valence-electron chi connectivity index (χ2n) is 5.44. The number of carbonyl (C=O) groups excluding carboxylic acids is 1. The number of rotatable bonds is 5. The molecule has 1 saturated heterocycles. The molecule has 21 heavy (non-hydrogen) atoms. The van der Waals surface area contributed by atoms with Crippen LogP contribution in [-0.4, -0.2) is 44.3 Å². The third-order valence-electron chi connectivity index (χ3n) is 4.01. The average Bonchev–Trinajstić information content (AvgIpc) is 2.90. The van der Waals surface area contributed by atoms with Gasteiger partial charge in [-0.05, 0) is 38.7 Å². The molecule has 0 spiro atoms. The molecule has 6 heteroatoms. The Balaban J connectivity index is 2.23. The number of aryl methyl sites for hydroxylation is 2. The number of carbonyl (C=O) groups is 2. The first-order valence-electron chi connectivity index (χ1n) is 7.66. The first kappa shape index (κ1) is 15.5. The fourth-order valence-corrected chi connectivity index (χ4v) is 2.88. The smallest absolute Gasteiger partial charge is 0.305 e. The van der Waals surface area contributed by atoms with Gasteiger partial charge in [0.15, 0.2) is 0 Å². The number of amides is 1. The summed E-state index contributed by atoms with van der Waals surface area (Å²) in [5, 5.41) is 13.4. The topological polar surface area (TPSA) is 75.4 Å². The van der Waals surface area contributed by atoms with Crippen LogP contribution in [0.5, 0.6) is 0 Å². The SMILES string of the molecule is CCc1cc(C(=O)N2CCCCC2CC(=O)O)n(CC)n1. The Kier molecular flexibility index (Phi) is 4.98. The average molecular weight is 293 g/mol. The standard InChI is InChI=1S/C15H23N3O3/c1-3-11-9-13(18(4-2)16-11)15(21)17-8-6-5-7-12(17)10-14(19)20/h9,12H,3-8,10H2,1-2H3,(H,19,20). The number of carboxylic acids is 1. The van der Waals surface area contributed by atoms with E-state index in [9.17, 15) is 9.59 Å². The Morgan fingerprint density at radius 3 is 2.76 bits per heavy atom. The van der Waals surface area contributed by atoms with Crippen LogP contribution in [0.25, 0.3) is 0 Å². The first-order chi connectivity index (χ1) is 10.1. The number of hydrogen-bond donors (Lipinski definition) is 1. The maximum atomic E-state index is 12.8. The van der Waals surface area contributed by atoms with E-state index < -0.39 is 5.97 Å². The monoisotopic (exact) mass is 293 g/mol. The summed E-state index contributed by atoms with van der Waals surface area (Å²) in [5.41, 5.74) is 1.47. The minimum absolute atomic E-state index is 0.0205. The molecular weight excluding hydrogens is 270 g/mol. The van der Waals surface area contributed by atoms with E-state index in [2.05, 4.69) is 5.10 Å². The van der Waals surface area contributed by atoms with E-state index in [0.29, 0.717) is 18.8 Å². The second-order valence-corrected chi connectivity index (χ2v) is 5.44. The van der Waals surface area contributed by atoms with Crippen molar-refractivity contribution in [2.75, 3.05) is 6.54 Å². The van der Waals surface area contributed by atoms with Crippen LogP contribution in [0.4, 0.5) is 0 Å². The maximum absolute atomic E-state index is 12.8. The zero-order valence-electron chi connectivity index (χ0n) is 12.7. The lowest BCUT2D eigenvalue weighted by Crippen LogP contribution is -2.45. The molecule has 6 nitrogen and oxygen atoms in total. The quantitative estimate of drug-likeness (QED) is 0.900. The van der Waals surface area contributed by atoms with Crippen LogP contribution >= 0.6 is 0 Å². The molecule has 1 atom stereocenters. The Bertz CT molecular complexity index is 524. The summed E-state index contributed by atoms with van der Waals surface area (Å²) in [7, 11) is 0. The number of aromatic nitrogens is 2. The van der Waals surface area contributed by atoms with Crippen LogP contribution in [0.2, 0.25) is 0 Å². The molecule has 0 saturated carbocycles. The number of likely N-dealkylation sites (tertiary alicyclic amines) is 1. The first-order valence-corrected chi connectivity index (χ1v) is 7.66. The molecule has 1 unspecified atom stereocenters. The molecule has 2 rings (SSSR count). The van der Waals surface area contributed by atoms with E-state index in [-0.39, 0.29) is 18.4 Å². The van der Waals surface area contributed by atoms with Crippen LogP contribution in [0.1, 0.15) is 55.7 Å². The molecule has 1 aliphatic heterocycles. The highest BCUT2D eigenvalue weighted by Gasteiger charge is 2.30. The molecule has 116 valence electrons. The van der Waals surface area contributed by atoms with Gasteiger partial charge in [-0.3, -0.25) is 14.3 Å². The van der Waals surface area contributed by atoms with E-state index in [1.54, 1.807) is 9.58 Å². The van der Waals surface area contributed by atoms with Crippen LogP contribution in [0, 0.1) is 0 Å². The van der Waals surface area contributed by atoms with Crippen LogP contribution in [-0.2, 0) is 17.8 Å². The predicted octanol–water partition coefficient (Wildman–Crippen LogP) is 1.93. The zero-order valence-corrected chi connectivity index (χ0v) is 12.7. The maximum Gasteiger partial charge on any atom is 0.305 e. The molecule has 1 aromatic heterocycles. The Hall–Kier alpha value is -1.85. The summed E-state index contributed by atoms with van der Waals surface area (Å²) < 4.78 is 1.72. The van der Waals surface area contributed by atoms with E-state index in [4.69, 9.17) is 5.11 Å². The lowest BCUT2D eigenvalue weighted by molar-refractivity contribution is -0.138. The lowest BCUT2D eigenvalue weighted by atomic mass is 9.99. The van der Waals surface area contributed by atoms with Crippen LogP contribution < -0.4 is 0 Å². The lowest BCUT2D eigenvalue weighted by Gasteiger charge is -2.35. The van der Waals surface area contributed by atoms with Crippen molar-refractivity contribution in [2.24, 2.45) is 0 Å².